The van der Waals surface area contributed by atoms with Gasteiger partial charge in [0.15, 0.2) is 0 Å². The maximum Gasteiger partial charge on any atom is 0.326 e. The molecule has 0 aromatic carbocycles. The van der Waals surface area contributed by atoms with Crippen molar-refractivity contribution in [2.75, 3.05) is 32.7 Å². The topological polar surface area (TPSA) is 377 Å². The van der Waals surface area contributed by atoms with E-state index in [1.165, 1.54) is 18.7 Å². The maximum absolute atomic E-state index is 13.2. The molecule has 1 saturated heterocycles. The molecule has 1 aliphatic heterocycles. The van der Waals surface area contributed by atoms with E-state index in [1.807, 2.05) is 0 Å². The second-order valence-corrected chi connectivity index (χ2v) is 14.4. The number of amides is 9. The molecule has 0 radical (unpaired) electrons. The zero-order valence-electron chi connectivity index (χ0n) is 33.5. The number of carbonyl (C=O) groups excluding carboxylic acids is 9. The molecule has 58 heavy (non-hydrogen) atoms. The van der Waals surface area contributed by atoms with Crippen LogP contribution < -0.4 is 54.4 Å². The lowest BCUT2D eigenvalue weighted by molar-refractivity contribution is -0.144. The van der Waals surface area contributed by atoms with Crippen molar-refractivity contribution in [3.05, 3.63) is 0 Å². The molecule has 9 amide bonds. The van der Waals surface area contributed by atoms with E-state index in [2.05, 4.69) is 37.2 Å². The zero-order chi connectivity index (χ0) is 44.1. The molecule has 1 rings (SSSR count). The van der Waals surface area contributed by atoms with Gasteiger partial charge in [-0.05, 0) is 71.3 Å². The molecule has 0 spiro atoms. The molecule has 1 aliphatic rings. The van der Waals surface area contributed by atoms with E-state index in [1.54, 1.807) is 13.8 Å². The fourth-order valence-corrected chi connectivity index (χ4v) is 5.85. The minimum absolute atomic E-state index is 0.111. The zero-order valence-corrected chi connectivity index (χ0v) is 33.5. The second kappa shape index (κ2) is 25.8. The van der Waals surface area contributed by atoms with Gasteiger partial charge in [0.05, 0.1) is 25.7 Å². The molecule has 0 saturated carbocycles. The molecule has 23 nitrogen and oxygen atoms in total. The summed E-state index contributed by atoms with van der Waals surface area (Å²) in [4.78, 5) is 127. The Labute approximate surface area is 336 Å². The van der Waals surface area contributed by atoms with E-state index in [4.69, 9.17) is 17.2 Å². The summed E-state index contributed by atoms with van der Waals surface area (Å²) in [6, 6.07) is -7.38. The highest BCUT2D eigenvalue weighted by Gasteiger charge is 2.36. The number of aliphatic hydroxyl groups excluding tert-OH is 1. The molecule has 0 aliphatic carbocycles. The van der Waals surface area contributed by atoms with Crippen LogP contribution in [0.1, 0.15) is 79.1 Å². The summed E-state index contributed by atoms with van der Waals surface area (Å²) in [6.45, 7) is 4.97. The van der Waals surface area contributed by atoms with Gasteiger partial charge in [0.25, 0.3) is 0 Å². The van der Waals surface area contributed by atoms with E-state index < -0.39 is 121 Å². The predicted octanol–water partition coefficient (Wildman–Crippen LogP) is -5.48. The van der Waals surface area contributed by atoms with Crippen molar-refractivity contribution < 1.29 is 58.2 Å². The summed E-state index contributed by atoms with van der Waals surface area (Å²) in [5.41, 5.74) is 15.9. The number of carbonyl (C=O) groups is 10. The van der Waals surface area contributed by atoms with Crippen LogP contribution in [0.4, 0.5) is 0 Å². The molecular weight excluding hydrogens is 766 g/mol. The number of carboxylic acid groups (broad SMARTS) is 1. The number of aliphatic carboxylic acids is 1. The molecule has 0 aromatic rings. The first-order valence-electron chi connectivity index (χ1n) is 19.2. The van der Waals surface area contributed by atoms with Gasteiger partial charge in [-0.1, -0.05) is 13.8 Å². The molecular formula is C35H61N11O12. The summed E-state index contributed by atoms with van der Waals surface area (Å²) in [7, 11) is 0. The first-order valence-corrected chi connectivity index (χ1v) is 19.2. The minimum Gasteiger partial charge on any atom is -0.480 e. The highest BCUT2D eigenvalue weighted by atomic mass is 16.4. The molecule has 7 atom stereocenters. The average Bonchev–Trinajstić information content (AvgIpc) is 3.65. The van der Waals surface area contributed by atoms with Crippen molar-refractivity contribution in [1.29, 1.82) is 0 Å². The van der Waals surface area contributed by atoms with Gasteiger partial charge in [0.1, 0.15) is 36.3 Å². The number of hydrogen-bond acceptors (Lipinski definition) is 13. The van der Waals surface area contributed by atoms with E-state index in [-0.39, 0.29) is 38.1 Å². The Kier molecular flexibility index (Phi) is 22.5. The van der Waals surface area contributed by atoms with Crippen LogP contribution in [0.15, 0.2) is 0 Å². The van der Waals surface area contributed by atoms with Crippen molar-refractivity contribution in [2.45, 2.75) is 121 Å². The van der Waals surface area contributed by atoms with Crippen LogP contribution in [-0.2, 0) is 47.9 Å². The standard InChI is InChI=1S/C35H61N11O12/c1-18(2)14-23(43-27(50)16-39-34(56)29(20(4)47)45-31(53)21(10-11-25(38)48)42-26(49)15-37)32(54)41-19(3)30(52)40-17-28(51)46-13-7-9-24(46)33(55)44-22(35(57)58)8-5-6-12-36/h18-24,29,47H,5-17,36-37H2,1-4H3,(H2,38,48)(H,39,56)(H,40,52)(H,41,54)(H,42,49)(H,43,50)(H,44,55)(H,45,53)(H,57,58)/t19-,20+,21-,22-,23-,24-,29-/m0/s1. The Morgan fingerprint density at radius 3 is 1.91 bits per heavy atom. The van der Waals surface area contributed by atoms with E-state index in [9.17, 15) is 58.2 Å². The van der Waals surface area contributed by atoms with Crippen LogP contribution in [0.5, 0.6) is 0 Å². The summed E-state index contributed by atoms with van der Waals surface area (Å²) in [5, 5.41) is 36.4. The van der Waals surface area contributed by atoms with E-state index >= 15 is 0 Å². The monoisotopic (exact) mass is 827 g/mol. The minimum atomic E-state index is -1.61. The third kappa shape index (κ3) is 18.2. The lowest BCUT2D eigenvalue weighted by Gasteiger charge is -2.26. The Morgan fingerprint density at radius 1 is 0.724 bits per heavy atom. The molecule has 0 unspecified atom stereocenters. The smallest absolute Gasteiger partial charge is 0.326 e. The fourth-order valence-electron chi connectivity index (χ4n) is 5.85. The van der Waals surface area contributed by atoms with Crippen LogP contribution in [-0.4, -0.2) is 149 Å². The number of hydrogen-bond donors (Lipinski definition) is 12. The Balaban J connectivity index is 2.80. The van der Waals surface area contributed by atoms with Crippen LogP contribution in [0.25, 0.3) is 0 Å². The van der Waals surface area contributed by atoms with Crippen LogP contribution in [0.3, 0.4) is 0 Å². The third-order valence-corrected chi connectivity index (χ3v) is 8.96. The number of nitrogens with two attached hydrogens (primary N) is 3. The summed E-state index contributed by atoms with van der Waals surface area (Å²) >= 11 is 0. The number of carboxylic acids is 1. The van der Waals surface area contributed by atoms with Crippen molar-refractivity contribution >= 4 is 59.1 Å². The number of primary amides is 1. The van der Waals surface area contributed by atoms with Crippen molar-refractivity contribution in [3.63, 3.8) is 0 Å². The van der Waals surface area contributed by atoms with Crippen LogP contribution >= 0.6 is 0 Å². The van der Waals surface area contributed by atoms with Gasteiger partial charge < -0.3 is 69.5 Å². The number of aliphatic hydroxyl groups is 1. The number of nitrogens with one attached hydrogen (secondary N) is 7. The Morgan fingerprint density at radius 2 is 1.34 bits per heavy atom. The molecule has 1 heterocycles. The van der Waals surface area contributed by atoms with Gasteiger partial charge in [-0.15, -0.1) is 0 Å². The van der Waals surface area contributed by atoms with Gasteiger partial charge in [-0.2, -0.15) is 0 Å². The van der Waals surface area contributed by atoms with Gasteiger partial charge in [-0.25, -0.2) is 4.79 Å². The quantitative estimate of drug-likeness (QED) is 0.0362. The molecule has 328 valence electrons. The third-order valence-electron chi connectivity index (χ3n) is 8.96. The Hall–Kier alpha value is -5.42. The first kappa shape index (κ1) is 50.6. The average molecular weight is 828 g/mol. The van der Waals surface area contributed by atoms with E-state index in [0.29, 0.717) is 32.2 Å². The van der Waals surface area contributed by atoms with E-state index in [0.717, 1.165) is 0 Å². The number of likely N-dealkylation sites (tertiary alicyclic amines) is 1. The molecule has 1 fully saturated rings. The molecule has 15 N–H and O–H groups in total. The summed E-state index contributed by atoms with van der Waals surface area (Å²) < 4.78 is 0. The molecule has 23 heteroatoms. The molecule has 0 aromatic heterocycles. The van der Waals surface area contributed by atoms with Gasteiger partial charge in [0.2, 0.25) is 53.2 Å². The second-order valence-electron chi connectivity index (χ2n) is 14.4. The summed E-state index contributed by atoms with van der Waals surface area (Å²) in [5.74, 6) is -8.32. The first-order chi connectivity index (χ1) is 27.2. The van der Waals surface area contributed by atoms with Crippen LogP contribution in [0.2, 0.25) is 0 Å². The lowest BCUT2D eigenvalue weighted by atomic mass is 10.0. The highest BCUT2D eigenvalue weighted by molar-refractivity contribution is 5.96. The maximum atomic E-state index is 13.2. The highest BCUT2D eigenvalue weighted by Crippen LogP contribution is 2.18. The number of rotatable bonds is 26. The summed E-state index contributed by atoms with van der Waals surface area (Å²) in [6.07, 6.45) is 0.133. The fraction of sp³-hybridized carbons (Fsp3) is 0.714. The predicted molar refractivity (Wildman–Crippen MR) is 205 cm³/mol. The number of nitrogens with zero attached hydrogens (tertiary/aromatic N) is 1. The van der Waals surface area contributed by atoms with Crippen LogP contribution in [0, 0.1) is 5.92 Å². The van der Waals surface area contributed by atoms with Crippen molar-refractivity contribution in [1.82, 2.24) is 42.1 Å². The van der Waals surface area contributed by atoms with Gasteiger partial charge in [0, 0.05) is 13.0 Å². The van der Waals surface area contributed by atoms with Gasteiger partial charge in [-0.3, -0.25) is 43.2 Å². The lowest BCUT2D eigenvalue weighted by Crippen LogP contribution is -2.59. The SMILES string of the molecule is CC(C)C[C@H](NC(=O)CNC(=O)[C@@H](NC(=O)[C@H](CCC(N)=O)NC(=O)CN)[C@@H](C)O)C(=O)N[C@@H](C)C(=O)NCC(=O)N1CCC[C@H]1C(=O)N[C@@H](CCCCN)C(=O)O. The van der Waals surface area contributed by atoms with Gasteiger partial charge >= 0.3 is 5.97 Å². The van der Waals surface area contributed by atoms with Crippen molar-refractivity contribution in [2.24, 2.45) is 23.1 Å². The molecule has 0 bridgehead atoms. The number of unbranched alkanes of at least 4 members (excludes halogenated alkanes) is 1. The normalized spacial score (nSPS) is 16.7. The Bertz CT molecular complexity index is 1480. The largest absolute Gasteiger partial charge is 0.480 e. The van der Waals surface area contributed by atoms with Crippen molar-refractivity contribution in [3.8, 4) is 0 Å².